The molecule has 0 radical (unpaired) electrons. The van der Waals surface area contributed by atoms with Crippen LogP contribution in [0.5, 0.6) is 0 Å². The highest BCUT2D eigenvalue weighted by atomic mass is 16.7. The Kier molecular flexibility index (Phi) is 5.08. The average Bonchev–Trinajstić information content (AvgIpc) is 2.03. The third kappa shape index (κ3) is 4.71. The smallest absolute Gasteiger partial charge is 0.308 e. The Labute approximate surface area is 71.8 Å². The first-order chi connectivity index (χ1) is 5.60. The molecule has 0 fully saturated rings. The number of carbonyl (C=O) groups excluding carboxylic acids is 2. The van der Waals surface area contributed by atoms with E-state index in [9.17, 15) is 9.59 Å². The van der Waals surface area contributed by atoms with Gasteiger partial charge in [0.15, 0.2) is 0 Å². The van der Waals surface area contributed by atoms with E-state index in [0.717, 1.165) is 0 Å². The lowest BCUT2D eigenvalue weighted by Crippen LogP contribution is -2.20. The number of hydrogen-bond donors (Lipinski definition) is 0. The normalized spacial score (nSPS) is 9.67. The van der Waals surface area contributed by atoms with Crippen LogP contribution in [0.15, 0.2) is 0 Å². The number of esters is 2. The van der Waals surface area contributed by atoms with Crippen LogP contribution >= 0.6 is 0 Å². The van der Waals surface area contributed by atoms with Gasteiger partial charge in [-0.05, 0) is 0 Å². The Morgan fingerprint density at radius 2 is 1.42 bits per heavy atom. The fourth-order valence-corrected chi connectivity index (χ4v) is 0.561. The van der Waals surface area contributed by atoms with Gasteiger partial charge in [0.05, 0.1) is 0 Å². The van der Waals surface area contributed by atoms with E-state index in [1.807, 2.05) is 0 Å². The van der Waals surface area contributed by atoms with Gasteiger partial charge in [-0.2, -0.15) is 0 Å². The number of ether oxygens (including phenoxy) is 2. The summed E-state index contributed by atoms with van der Waals surface area (Å²) in [5.41, 5.74) is 0. The van der Waals surface area contributed by atoms with Crippen molar-refractivity contribution >= 4 is 11.9 Å². The highest BCUT2D eigenvalue weighted by molar-refractivity contribution is 5.70. The largest absolute Gasteiger partial charge is 0.425 e. The third-order valence-electron chi connectivity index (χ3n) is 1.17. The van der Waals surface area contributed by atoms with E-state index in [1.165, 1.54) is 6.92 Å². The minimum Gasteiger partial charge on any atom is -0.425 e. The molecule has 0 aromatic rings. The van der Waals surface area contributed by atoms with E-state index in [4.69, 9.17) is 4.74 Å². The van der Waals surface area contributed by atoms with Gasteiger partial charge in [-0.1, -0.05) is 13.8 Å². The second kappa shape index (κ2) is 5.57. The zero-order valence-electron chi connectivity index (χ0n) is 7.62. The van der Waals surface area contributed by atoms with Crippen LogP contribution < -0.4 is 0 Å². The standard InChI is InChI=1S/C8H14O4/c1-4-7(9)11-6(3)12-8(10)5-2/h6H,4-5H2,1-3H3. The summed E-state index contributed by atoms with van der Waals surface area (Å²) < 4.78 is 9.38. The zero-order valence-corrected chi connectivity index (χ0v) is 7.62. The van der Waals surface area contributed by atoms with Crippen molar-refractivity contribution in [2.75, 3.05) is 0 Å². The molecule has 0 atom stereocenters. The van der Waals surface area contributed by atoms with Crippen LogP contribution in [0.25, 0.3) is 0 Å². The second-order valence-corrected chi connectivity index (χ2v) is 2.25. The number of hydrogen-bond acceptors (Lipinski definition) is 4. The van der Waals surface area contributed by atoms with Gasteiger partial charge in [-0.3, -0.25) is 9.59 Å². The first-order valence-corrected chi connectivity index (χ1v) is 3.99. The number of carbonyl (C=O) groups is 2. The minimum atomic E-state index is -0.773. The fraction of sp³-hybridized carbons (Fsp3) is 0.750. The van der Waals surface area contributed by atoms with Gasteiger partial charge in [0.2, 0.25) is 6.29 Å². The first kappa shape index (κ1) is 10.9. The molecule has 4 heteroatoms. The molecule has 0 aliphatic carbocycles. The van der Waals surface area contributed by atoms with Crippen molar-refractivity contribution in [3.8, 4) is 0 Å². The lowest BCUT2D eigenvalue weighted by molar-refractivity contribution is -0.183. The van der Waals surface area contributed by atoms with E-state index in [0.29, 0.717) is 0 Å². The highest BCUT2D eigenvalue weighted by Crippen LogP contribution is 1.98. The molecule has 0 spiro atoms. The molecule has 0 aliphatic rings. The van der Waals surface area contributed by atoms with Crippen LogP contribution in [0.3, 0.4) is 0 Å². The summed E-state index contributed by atoms with van der Waals surface area (Å²) in [4.78, 5) is 21.4. The van der Waals surface area contributed by atoms with Crippen molar-refractivity contribution in [1.29, 1.82) is 0 Å². The summed E-state index contributed by atoms with van der Waals surface area (Å²) in [6.45, 7) is 4.87. The van der Waals surface area contributed by atoms with Crippen LogP contribution in [0.2, 0.25) is 0 Å². The lowest BCUT2D eigenvalue weighted by Gasteiger charge is -2.12. The molecule has 12 heavy (non-hydrogen) atoms. The molecule has 0 heterocycles. The van der Waals surface area contributed by atoms with E-state index >= 15 is 0 Å². The van der Waals surface area contributed by atoms with Crippen molar-refractivity contribution in [2.24, 2.45) is 0 Å². The molecule has 0 aromatic carbocycles. The van der Waals surface area contributed by atoms with Gasteiger partial charge in [0.25, 0.3) is 0 Å². The molecular weight excluding hydrogens is 160 g/mol. The van der Waals surface area contributed by atoms with Gasteiger partial charge in [0.1, 0.15) is 0 Å². The Bertz CT molecular complexity index is 146. The summed E-state index contributed by atoms with van der Waals surface area (Å²) in [6, 6.07) is 0. The molecule has 0 aromatic heterocycles. The van der Waals surface area contributed by atoms with Gasteiger partial charge >= 0.3 is 11.9 Å². The Balaban J connectivity index is 3.66. The summed E-state index contributed by atoms with van der Waals surface area (Å²) in [5, 5.41) is 0. The zero-order chi connectivity index (χ0) is 9.56. The van der Waals surface area contributed by atoms with Crippen molar-refractivity contribution in [1.82, 2.24) is 0 Å². The summed E-state index contributed by atoms with van der Waals surface area (Å²) in [5.74, 6) is -0.738. The highest BCUT2D eigenvalue weighted by Gasteiger charge is 2.10. The quantitative estimate of drug-likeness (QED) is 0.475. The van der Waals surface area contributed by atoms with Crippen LogP contribution in [0, 0.1) is 0 Å². The van der Waals surface area contributed by atoms with E-state index in [1.54, 1.807) is 13.8 Å². The topological polar surface area (TPSA) is 52.6 Å². The maximum atomic E-state index is 10.7. The Morgan fingerprint density at radius 3 is 1.67 bits per heavy atom. The molecule has 0 aliphatic heterocycles. The summed E-state index contributed by atoms with van der Waals surface area (Å²) in [6.07, 6.45) is -0.202. The monoisotopic (exact) mass is 174 g/mol. The maximum absolute atomic E-state index is 10.7. The second-order valence-electron chi connectivity index (χ2n) is 2.25. The van der Waals surface area contributed by atoms with Crippen LogP contribution in [-0.4, -0.2) is 18.2 Å². The molecule has 0 N–H and O–H groups in total. The van der Waals surface area contributed by atoms with E-state index in [-0.39, 0.29) is 24.8 Å². The van der Waals surface area contributed by atoms with Crippen LogP contribution in [0.1, 0.15) is 33.6 Å². The molecule has 0 unspecified atom stereocenters. The average molecular weight is 174 g/mol. The Morgan fingerprint density at radius 1 is 1.08 bits per heavy atom. The van der Waals surface area contributed by atoms with Crippen LogP contribution in [0.4, 0.5) is 0 Å². The summed E-state index contributed by atoms with van der Waals surface area (Å²) in [7, 11) is 0. The van der Waals surface area contributed by atoms with Gasteiger partial charge in [0, 0.05) is 19.8 Å². The molecule has 0 amide bonds. The van der Waals surface area contributed by atoms with E-state index in [2.05, 4.69) is 4.74 Å². The minimum absolute atomic E-state index is 0.286. The van der Waals surface area contributed by atoms with Crippen molar-refractivity contribution < 1.29 is 19.1 Å². The lowest BCUT2D eigenvalue weighted by atomic mass is 10.5. The number of rotatable bonds is 4. The Hall–Kier alpha value is -1.06. The van der Waals surface area contributed by atoms with Crippen molar-refractivity contribution in [3.05, 3.63) is 0 Å². The van der Waals surface area contributed by atoms with Gasteiger partial charge < -0.3 is 9.47 Å². The maximum Gasteiger partial charge on any atom is 0.308 e. The molecular formula is C8H14O4. The molecule has 0 rings (SSSR count). The van der Waals surface area contributed by atoms with Gasteiger partial charge in [-0.15, -0.1) is 0 Å². The van der Waals surface area contributed by atoms with Crippen molar-refractivity contribution in [2.45, 2.75) is 39.9 Å². The molecule has 0 saturated heterocycles. The predicted molar refractivity (Wildman–Crippen MR) is 42.2 cm³/mol. The summed E-state index contributed by atoms with van der Waals surface area (Å²) >= 11 is 0. The molecule has 70 valence electrons. The predicted octanol–water partition coefficient (Wildman–Crippen LogP) is 1.24. The van der Waals surface area contributed by atoms with Crippen molar-refractivity contribution in [3.63, 3.8) is 0 Å². The molecule has 0 bridgehead atoms. The van der Waals surface area contributed by atoms with Gasteiger partial charge in [-0.25, -0.2) is 0 Å². The third-order valence-corrected chi connectivity index (χ3v) is 1.17. The fourth-order valence-electron chi connectivity index (χ4n) is 0.561. The van der Waals surface area contributed by atoms with E-state index < -0.39 is 6.29 Å². The molecule has 4 nitrogen and oxygen atoms in total. The first-order valence-electron chi connectivity index (χ1n) is 3.99. The van der Waals surface area contributed by atoms with Crippen LogP contribution in [-0.2, 0) is 19.1 Å². The SMILES string of the molecule is CCC(=O)OC(C)OC(=O)CC. The molecule has 0 saturated carbocycles.